The Morgan fingerprint density at radius 1 is 1.03 bits per heavy atom. The zero-order chi connectivity index (χ0) is 23.5. The molecule has 8 heteroatoms. The second kappa shape index (κ2) is 9.69. The van der Waals surface area contributed by atoms with Crippen molar-refractivity contribution in [3.63, 3.8) is 0 Å². The van der Waals surface area contributed by atoms with Crippen molar-refractivity contribution in [2.75, 3.05) is 31.1 Å². The van der Waals surface area contributed by atoms with Gasteiger partial charge >= 0.3 is 5.97 Å². The molecular formula is C26H29N5O3. The molecule has 5 rings (SSSR count). The molecule has 8 nitrogen and oxygen atoms in total. The standard InChI is InChI=1S/C26H29N5O3/c32-25(29-20-6-1-2-7-20)19-5-3-4-17(14-19)22-15-18(8-9-28-22)23-16-21(26(33)34)24(30-23)31-12-10-27-11-13-31/h3-5,8-9,14-16,20,27,30H,1-2,6-7,10-13H2,(H,29,32)(H,33,34). The predicted molar refractivity (Wildman–Crippen MR) is 131 cm³/mol. The average molecular weight is 460 g/mol. The minimum atomic E-state index is -0.953. The normalized spacial score (nSPS) is 16.5. The number of aromatic nitrogens is 2. The third-order valence-corrected chi connectivity index (χ3v) is 6.64. The van der Waals surface area contributed by atoms with E-state index in [4.69, 9.17) is 0 Å². The second-order valence-corrected chi connectivity index (χ2v) is 8.95. The van der Waals surface area contributed by atoms with Gasteiger partial charge in [0.2, 0.25) is 0 Å². The van der Waals surface area contributed by atoms with Crippen molar-refractivity contribution in [3.05, 3.63) is 59.8 Å². The topological polar surface area (TPSA) is 110 Å². The van der Waals surface area contributed by atoms with Gasteiger partial charge < -0.3 is 25.6 Å². The van der Waals surface area contributed by atoms with Crippen LogP contribution in [-0.4, -0.2) is 59.2 Å². The van der Waals surface area contributed by atoms with Crippen LogP contribution in [0.15, 0.2) is 48.7 Å². The summed E-state index contributed by atoms with van der Waals surface area (Å²) in [5.41, 5.74) is 4.02. The monoisotopic (exact) mass is 459 g/mol. The molecule has 2 fully saturated rings. The molecule has 1 amide bonds. The molecule has 3 heterocycles. The molecule has 0 atom stereocenters. The Bertz CT molecular complexity index is 1190. The quantitative estimate of drug-likeness (QED) is 0.449. The predicted octanol–water partition coefficient (Wildman–Crippen LogP) is 3.52. The Labute approximate surface area is 198 Å². The molecule has 0 radical (unpaired) electrons. The number of carboxylic acid groups (broad SMARTS) is 1. The molecule has 1 saturated heterocycles. The lowest BCUT2D eigenvalue weighted by atomic mass is 10.0. The van der Waals surface area contributed by atoms with E-state index in [1.165, 1.54) is 12.8 Å². The number of rotatable bonds is 6. The van der Waals surface area contributed by atoms with Crippen molar-refractivity contribution in [1.82, 2.24) is 20.6 Å². The van der Waals surface area contributed by atoms with E-state index in [-0.39, 0.29) is 17.5 Å². The van der Waals surface area contributed by atoms with Gasteiger partial charge in [0.15, 0.2) is 0 Å². The van der Waals surface area contributed by atoms with Gasteiger partial charge in [0.1, 0.15) is 11.4 Å². The van der Waals surface area contributed by atoms with Crippen LogP contribution in [0.1, 0.15) is 46.4 Å². The first-order valence-electron chi connectivity index (χ1n) is 11.9. The van der Waals surface area contributed by atoms with Gasteiger partial charge in [-0.3, -0.25) is 9.78 Å². The van der Waals surface area contributed by atoms with Gasteiger partial charge in [0, 0.05) is 60.8 Å². The summed E-state index contributed by atoms with van der Waals surface area (Å²) in [5, 5.41) is 16.2. The molecule has 1 aliphatic heterocycles. The second-order valence-electron chi connectivity index (χ2n) is 8.95. The minimum absolute atomic E-state index is 0.0546. The summed E-state index contributed by atoms with van der Waals surface area (Å²) in [6.07, 6.45) is 6.13. The number of aromatic amines is 1. The van der Waals surface area contributed by atoms with Gasteiger partial charge in [0.25, 0.3) is 5.91 Å². The first-order chi connectivity index (χ1) is 16.6. The smallest absolute Gasteiger partial charge is 0.339 e. The molecule has 1 aromatic carbocycles. The average Bonchev–Trinajstić information content (AvgIpc) is 3.55. The largest absolute Gasteiger partial charge is 0.478 e. The molecule has 2 aliphatic rings. The van der Waals surface area contributed by atoms with E-state index in [0.717, 1.165) is 61.5 Å². The Morgan fingerprint density at radius 2 is 1.82 bits per heavy atom. The van der Waals surface area contributed by atoms with Gasteiger partial charge in [0.05, 0.1) is 5.69 Å². The number of aromatic carboxylic acids is 1. The number of nitrogens with one attached hydrogen (secondary N) is 3. The zero-order valence-electron chi connectivity index (χ0n) is 19.0. The van der Waals surface area contributed by atoms with Crippen LogP contribution in [0.25, 0.3) is 22.5 Å². The third-order valence-electron chi connectivity index (χ3n) is 6.64. The minimum Gasteiger partial charge on any atom is -0.478 e. The highest BCUT2D eigenvalue weighted by Crippen LogP contribution is 2.30. The molecule has 2 aromatic heterocycles. The van der Waals surface area contributed by atoms with Crippen molar-refractivity contribution in [1.29, 1.82) is 0 Å². The van der Waals surface area contributed by atoms with Crippen LogP contribution < -0.4 is 15.5 Å². The summed E-state index contributed by atoms with van der Waals surface area (Å²) in [4.78, 5) is 34.5. The van der Waals surface area contributed by atoms with Gasteiger partial charge in [-0.05, 0) is 43.2 Å². The van der Waals surface area contributed by atoms with E-state index in [2.05, 4.69) is 25.5 Å². The van der Waals surface area contributed by atoms with Gasteiger partial charge in [-0.15, -0.1) is 0 Å². The zero-order valence-corrected chi connectivity index (χ0v) is 19.0. The van der Waals surface area contributed by atoms with Crippen molar-refractivity contribution in [2.24, 2.45) is 0 Å². The van der Waals surface area contributed by atoms with Crippen LogP contribution in [0.5, 0.6) is 0 Å². The number of carbonyl (C=O) groups is 2. The maximum absolute atomic E-state index is 12.7. The number of nitrogens with zero attached hydrogens (tertiary/aromatic N) is 2. The molecule has 1 saturated carbocycles. The van der Waals surface area contributed by atoms with E-state index in [1.54, 1.807) is 12.3 Å². The number of amides is 1. The number of pyridine rings is 1. The molecule has 3 aromatic rings. The lowest BCUT2D eigenvalue weighted by Gasteiger charge is -2.28. The molecule has 34 heavy (non-hydrogen) atoms. The summed E-state index contributed by atoms with van der Waals surface area (Å²) < 4.78 is 0. The van der Waals surface area contributed by atoms with E-state index in [0.29, 0.717) is 11.4 Å². The van der Waals surface area contributed by atoms with Crippen molar-refractivity contribution >= 4 is 17.7 Å². The number of piperazine rings is 1. The number of H-pyrrole nitrogens is 1. The van der Waals surface area contributed by atoms with Crippen LogP contribution in [-0.2, 0) is 0 Å². The van der Waals surface area contributed by atoms with Crippen LogP contribution in [0.4, 0.5) is 5.82 Å². The van der Waals surface area contributed by atoms with Crippen molar-refractivity contribution in [3.8, 4) is 22.5 Å². The molecule has 0 bridgehead atoms. The fourth-order valence-corrected chi connectivity index (χ4v) is 4.81. The molecule has 4 N–H and O–H groups in total. The van der Waals surface area contributed by atoms with E-state index in [1.807, 2.05) is 36.4 Å². The molecule has 176 valence electrons. The molecule has 0 unspecified atom stereocenters. The Kier molecular flexibility index (Phi) is 6.31. The first-order valence-corrected chi connectivity index (χ1v) is 11.9. The van der Waals surface area contributed by atoms with E-state index in [9.17, 15) is 14.7 Å². The summed E-state index contributed by atoms with van der Waals surface area (Å²) in [6.45, 7) is 3.13. The maximum Gasteiger partial charge on any atom is 0.339 e. The highest BCUT2D eigenvalue weighted by molar-refractivity contribution is 5.96. The Hall–Kier alpha value is -3.65. The van der Waals surface area contributed by atoms with Crippen LogP contribution >= 0.6 is 0 Å². The Balaban J connectivity index is 1.42. The fraction of sp³-hybridized carbons (Fsp3) is 0.346. The molecule has 0 spiro atoms. The summed E-state index contributed by atoms with van der Waals surface area (Å²) in [5.74, 6) is -0.375. The molecular weight excluding hydrogens is 430 g/mol. The SMILES string of the molecule is O=C(NC1CCCC1)c1cccc(-c2cc(-c3cc(C(=O)O)c(N4CCNCC4)[nH]3)ccn2)c1. The van der Waals surface area contributed by atoms with E-state index >= 15 is 0 Å². The first kappa shape index (κ1) is 22.2. The van der Waals surface area contributed by atoms with Crippen LogP contribution in [0.3, 0.4) is 0 Å². The molecule has 1 aliphatic carbocycles. The van der Waals surface area contributed by atoms with Gasteiger partial charge in [-0.2, -0.15) is 0 Å². The highest BCUT2D eigenvalue weighted by atomic mass is 16.4. The fourth-order valence-electron chi connectivity index (χ4n) is 4.81. The highest BCUT2D eigenvalue weighted by Gasteiger charge is 2.22. The van der Waals surface area contributed by atoms with Crippen molar-refractivity contribution < 1.29 is 14.7 Å². The summed E-state index contributed by atoms with van der Waals surface area (Å²) in [7, 11) is 0. The Morgan fingerprint density at radius 3 is 2.59 bits per heavy atom. The van der Waals surface area contributed by atoms with Gasteiger partial charge in [-0.25, -0.2) is 4.79 Å². The van der Waals surface area contributed by atoms with Crippen molar-refractivity contribution in [2.45, 2.75) is 31.7 Å². The third kappa shape index (κ3) is 4.68. The van der Waals surface area contributed by atoms with E-state index < -0.39 is 5.97 Å². The number of carbonyl (C=O) groups excluding carboxylic acids is 1. The summed E-state index contributed by atoms with van der Waals surface area (Å²) in [6, 6.07) is 13.2. The number of hydrogen-bond donors (Lipinski definition) is 4. The number of anilines is 1. The number of hydrogen-bond acceptors (Lipinski definition) is 5. The number of benzene rings is 1. The lowest BCUT2D eigenvalue weighted by Crippen LogP contribution is -2.44. The van der Waals surface area contributed by atoms with Crippen LogP contribution in [0.2, 0.25) is 0 Å². The number of carboxylic acids is 1. The summed E-state index contributed by atoms with van der Waals surface area (Å²) >= 11 is 0. The lowest BCUT2D eigenvalue weighted by molar-refractivity contribution is 0.0697. The maximum atomic E-state index is 12.7. The van der Waals surface area contributed by atoms with Gasteiger partial charge in [-0.1, -0.05) is 25.0 Å². The van der Waals surface area contributed by atoms with Crippen LogP contribution in [0, 0.1) is 0 Å².